The van der Waals surface area contributed by atoms with Gasteiger partial charge in [0, 0.05) is 2.85 Å². The molecule has 0 bridgehead atoms. The molecular formula is C19H40N4O. The van der Waals surface area contributed by atoms with E-state index in [0.29, 0.717) is 11.5 Å². The van der Waals surface area contributed by atoms with Crippen LogP contribution in [0.4, 0.5) is 11.5 Å². The first-order chi connectivity index (χ1) is 11.4. The number of aryl methyl sites for hydroxylation is 1. The van der Waals surface area contributed by atoms with Crippen LogP contribution in [-0.4, -0.2) is 24.0 Å². The van der Waals surface area contributed by atoms with Crippen molar-refractivity contribution in [1.29, 1.82) is 0 Å². The Bertz CT molecular complexity index is 469. The predicted molar refractivity (Wildman–Crippen MR) is 110 cm³/mol. The third kappa shape index (κ3) is 13.8. The second kappa shape index (κ2) is 16.0. The monoisotopic (exact) mass is 340 g/mol. The van der Waals surface area contributed by atoms with Crippen LogP contribution >= 0.6 is 0 Å². The van der Waals surface area contributed by atoms with E-state index in [4.69, 9.17) is 5.73 Å². The number of rotatable bonds is 6. The normalized spacial score (nSPS) is 9.29. The minimum absolute atomic E-state index is 0. The van der Waals surface area contributed by atoms with Gasteiger partial charge in [-0.1, -0.05) is 54.5 Å². The highest BCUT2D eigenvalue weighted by Crippen LogP contribution is 2.14. The SMILES string of the molecule is C=CC(=O)Nc1cnc(N)c(CC)c1.CCC.CCNCC(C)C.[HH].[HH]. The molecule has 0 fully saturated rings. The fraction of sp³-hybridized carbons (Fsp3) is 0.579. The van der Waals surface area contributed by atoms with Gasteiger partial charge in [-0.05, 0) is 43.1 Å². The number of hydrogen-bond acceptors (Lipinski definition) is 4. The molecule has 1 aromatic rings. The van der Waals surface area contributed by atoms with Crippen LogP contribution in [0.3, 0.4) is 0 Å². The van der Waals surface area contributed by atoms with E-state index in [0.717, 1.165) is 31.0 Å². The lowest BCUT2D eigenvalue weighted by atomic mass is 10.2. The molecule has 0 aromatic carbocycles. The van der Waals surface area contributed by atoms with E-state index < -0.39 is 0 Å². The summed E-state index contributed by atoms with van der Waals surface area (Å²) >= 11 is 0. The molecule has 0 saturated heterocycles. The number of hydrogen-bond donors (Lipinski definition) is 3. The first-order valence-corrected chi connectivity index (χ1v) is 8.74. The molecule has 0 unspecified atom stereocenters. The number of carbonyl (C=O) groups is 1. The smallest absolute Gasteiger partial charge is 0.247 e. The van der Waals surface area contributed by atoms with E-state index in [1.54, 1.807) is 0 Å². The van der Waals surface area contributed by atoms with Gasteiger partial charge in [0.25, 0.3) is 0 Å². The summed E-state index contributed by atoms with van der Waals surface area (Å²) in [5, 5.41) is 5.87. The fourth-order valence-electron chi connectivity index (χ4n) is 1.50. The second-order valence-corrected chi connectivity index (χ2v) is 5.72. The van der Waals surface area contributed by atoms with E-state index in [9.17, 15) is 4.79 Å². The third-order valence-corrected chi connectivity index (χ3v) is 2.64. The van der Waals surface area contributed by atoms with E-state index in [1.807, 2.05) is 13.0 Å². The fourth-order valence-corrected chi connectivity index (χ4v) is 1.50. The summed E-state index contributed by atoms with van der Waals surface area (Å²) in [5.41, 5.74) is 7.18. The minimum atomic E-state index is -0.251. The first kappa shape index (κ1) is 24.4. The summed E-state index contributed by atoms with van der Waals surface area (Å²) in [7, 11) is 0. The van der Waals surface area contributed by atoms with Gasteiger partial charge < -0.3 is 16.4 Å². The van der Waals surface area contributed by atoms with Gasteiger partial charge in [0.15, 0.2) is 0 Å². The zero-order valence-electron chi connectivity index (χ0n) is 16.3. The van der Waals surface area contributed by atoms with Crippen molar-refractivity contribution in [2.24, 2.45) is 5.92 Å². The van der Waals surface area contributed by atoms with E-state index >= 15 is 0 Å². The first-order valence-electron chi connectivity index (χ1n) is 8.74. The van der Waals surface area contributed by atoms with Crippen LogP contribution in [-0.2, 0) is 11.2 Å². The Morgan fingerprint density at radius 3 is 2.33 bits per heavy atom. The molecule has 142 valence electrons. The Morgan fingerprint density at radius 2 is 1.96 bits per heavy atom. The van der Waals surface area contributed by atoms with Crippen molar-refractivity contribution < 1.29 is 7.65 Å². The van der Waals surface area contributed by atoms with Crippen LogP contribution in [0.2, 0.25) is 0 Å². The van der Waals surface area contributed by atoms with E-state index in [-0.39, 0.29) is 8.76 Å². The maximum absolute atomic E-state index is 11.0. The van der Waals surface area contributed by atoms with Crippen LogP contribution < -0.4 is 16.4 Å². The lowest BCUT2D eigenvalue weighted by molar-refractivity contribution is -0.111. The van der Waals surface area contributed by atoms with Gasteiger partial charge in [-0.15, -0.1) is 0 Å². The van der Waals surface area contributed by atoms with Crippen LogP contribution in [0.15, 0.2) is 24.9 Å². The standard InChI is InChI=1S/C10H13N3O.C6H15N.C3H8.2H2/c1-3-7-5-8(6-12-10(7)11)13-9(14)4-2;1-4-7-5-6(2)3;1-3-2;;/h4-6H,2-3H2,1H3,(H2,11,12)(H,13,14);6-7H,4-5H2,1-3H3;3H2,1-2H3;2*1H. The van der Waals surface area contributed by atoms with Gasteiger partial charge in [0.2, 0.25) is 5.91 Å². The van der Waals surface area contributed by atoms with Crippen LogP contribution in [0, 0.1) is 5.92 Å². The minimum Gasteiger partial charge on any atom is -0.383 e. The molecule has 24 heavy (non-hydrogen) atoms. The summed E-state index contributed by atoms with van der Waals surface area (Å²) in [6.07, 6.45) is 4.77. The van der Waals surface area contributed by atoms with Gasteiger partial charge in [-0.25, -0.2) is 4.98 Å². The number of anilines is 2. The number of amides is 1. The van der Waals surface area contributed by atoms with Crippen LogP contribution in [0.5, 0.6) is 0 Å². The van der Waals surface area contributed by atoms with Gasteiger partial charge in [-0.2, -0.15) is 0 Å². The Balaban J connectivity index is -0.000000173. The molecule has 1 heterocycles. The Hall–Kier alpha value is -1.88. The lowest BCUT2D eigenvalue weighted by Gasteiger charge is -2.05. The van der Waals surface area contributed by atoms with Crippen molar-refractivity contribution in [3.05, 3.63) is 30.5 Å². The van der Waals surface area contributed by atoms with Crippen LogP contribution in [0.25, 0.3) is 0 Å². The number of nitrogens with two attached hydrogens (primary N) is 1. The third-order valence-electron chi connectivity index (χ3n) is 2.64. The van der Waals surface area contributed by atoms with Gasteiger partial charge in [-0.3, -0.25) is 4.79 Å². The Kier molecular flexibility index (Phi) is 16.2. The molecule has 0 radical (unpaired) electrons. The molecule has 4 N–H and O–H groups in total. The maximum atomic E-state index is 11.0. The molecule has 0 aliphatic rings. The predicted octanol–water partition coefficient (Wildman–Crippen LogP) is 4.51. The van der Waals surface area contributed by atoms with Gasteiger partial charge in [0.05, 0.1) is 11.9 Å². The molecule has 0 aliphatic carbocycles. The molecule has 5 heteroatoms. The Labute approximate surface area is 151 Å². The summed E-state index contributed by atoms with van der Waals surface area (Å²) in [5.74, 6) is 1.04. The summed E-state index contributed by atoms with van der Waals surface area (Å²) < 4.78 is 0. The summed E-state index contributed by atoms with van der Waals surface area (Å²) in [4.78, 5) is 14.9. The quantitative estimate of drug-likeness (QED) is 0.666. The van der Waals surface area contributed by atoms with Gasteiger partial charge >= 0.3 is 0 Å². The highest BCUT2D eigenvalue weighted by Gasteiger charge is 2.02. The summed E-state index contributed by atoms with van der Waals surface area (Å²) in [6.45, 7) is 18.4. The van der Waals surface area contributed by atoms with Crippen molar-refractivity contribution in [2.75, 3.05) is 24.1 Å². The van der Waals surface area contributed by atoms with Gasteiger partial charge in [0.1, 0.15) is 5.82 Å². The molecule has 5 nitrogen and oxygen atoms in total. The second-order valence-electron chi connectivity index (χ2n) is 5.72. The maximum Gasteiger partial charge on any atom is 0.247 e. The average Bonchev–Trinajstić information content (AvgIpc) is 2.55. The number of pyridine rings is 1. The molecule has 0 aliphatic heterocycles. The van der Waals surface area contributed by atoms with Crippen molar-refractivity contribution >= 4 is 17.4 Å². The molecule has 0 atom stereocenters. The zero-order valence-corrected chi connectivity index (χ0v) is 16.3. The molecular weight excluding hydrogens is 300 g/mol. The topological polar surface area (TPSA) is 80.0 Å². The molecule has 1 rings (SSSR count). The highest BCUT2D eigenvalue weighted by atomic mass is 16.1. The largest absolute Gasteiger partial charge is 0.383 e. The number of nitrogen functional groups attached to an aromatic ring is 1. The zero-order chi connectivity index (χ0) is 19.0. The van der Waals surface area contributed by atoms with Crippen molar-refractivity contribution in [2.45, 2.75) is 54.4 Å². The Morgan fingerprint density at radius 1 is 1.38 bits per heavy atom. The van der Waals surface area contributed by atoms with Crippen molar-refractivity contribution in [3.8, 4) is 0 Å². The molecule has 1 aromatic heterocycles. The molecule has 0 saturated carbocycles. The highest BCUT2D eigenvalue weighted by molar-refractivity contribution is 5.98. The number of aromatic nitrogens is 1. The lowest BCUT2D eigenvalue weighted by Crippen LogP contribution is -2.18. The number of nitrogens with one attached hydrogen (secondary N) is 2. The molecule has 1 amide bonds. The van der Waals surface area contributed by atoms with Crippen molar-refractivity contribution in [3.63, 3.8) is 0 Å². The van der Waals surface area contributed by atoms with Crippen molar-refractivity contribution in [1.82, 2.24) is 10.3 Å². The number of carbonyl (C=O) groups excluding carboxylic acids is 1. The average molecular weight is 341 g/mol. The van der Waals surface area contributed by atoms with E-state index in [1.165, 1.54) is 18.7 Å². The van der Waals surface area contributed by atoms with Crippen LogP contribution in [0.1, 0.15) is 56.4 Å². The summed E-state index contributed by atoms with van der Waals surface area (Å²) in [6, 6.07) is 1.81. The van der Waals surface area contributed by atoms with E-state index in [2.05, 4.69) is 56.8 Å². The number of nitrogens with zero attached hydrogens (tertiary/aromatic N) is 1. The molecule has 0 spiro atoms.